The second-order valence-corrected chi connectivity index (χ2v) is 5.29. The molecule has 3 aromatic rings. The van der Waals surface area contributed by atoms with E-state index in [1.54, 1.807) is 4.40 Å². The Morgan fingerprint density at radius 3 is 2.74 bits per heavy atom. The Balaban J connectivity index is 1.88. The zero-order valence-corrected chi connectivity index (χ0v) is 11.7. The summed E-state index contributed by atoms with van der Waals surface area (Å²) in [7, 11) is 0. The van der Waals surface area contributed by atoms with E-state index in [9.17, 15) is 15.0 Å². The van der Waals surface area contributed by atoms with Crippen molar-refractivity contribution in [3.8, 4) is 0 Å². The maximum absolute atomic E-state index is 11.5. The highest BCUT2D eigenvalue weighted by Gasteiger charge is 2.43. The number of rotatable bonds is 2. The summed E-state index contributed by atoms with van der Waals surface area (Å²) in [5, 5.41) is 29.1. The van der Waals surface area contributed by atoms with Crippen molar-refractivity contribution in [1.82, 2.24) is 23.9 Å². The number of nitrogens with zero attached hydrogens (tertiary/aromatic N) is 5. The van der Waals surface area contributed by atoms with E-state index < -0.39 is 36.7 Å². The lowest BCUT2D eigenvalue weighted by molar-refractivity contribution is -0.0511. The van der Waals surface area contributed by atoms with Gasteiger partial charge in [0.15, 0.2) is 23.0 Å². The van der Waals surface area contributed by atoms with Crippen molar-refractivity contribution in [3.05, 3.63) is 35.3 Å². The molecule has 23 heavy (non-hydrogen) atoms. The first-order chi connectivity index (χ1) is 11.1. The molecule has 3 aromatic heterocycles. The maximum atomic E-state index is 11.5. The molecule has 1 saturated heterocycles. The molecule has 0 aromatic carbocycles. The molecule has 0 amide bonds. The predicted octanol–water partition coefficient (Wildman–Crippen LogP) is -1.95. The van der Waals surface area contributed by atoms with Crippen LogP contribution in [0.5, 0.6) is 0 Å². The van der Waals surface area contributed by atoms with Crippen LogP contribution in [0.2, 0.25) is 0 Å². The minimum atomic E-state index is -1.24. The summed E-state index contributed by atoms with van der Waals surface area (Å²) in [5.74, 6) is 0. The zero-order valence-electron chi connectivity index (χ0n) is 11.7. The molecule has 10 heteroatoms. The third-order valence-electron chi connectivity index (χ3n) is 3.91. The van der Waals surface area contributed by atoms with Crippen LogP contribution in [0, 0.1) is 0 Å². The molecule has 4 rings (SSSR count). The molecule has 10 nitrogen and oxygen atoms in total. The first-order valence-corrected chi connectivity index (χ1v) is 6.93. The van der Waals surface area contributed by atoms with Crippen LogP contribution in [-0.2, 0) is 4.74 Å². The largest absolute Gasteiger partial charge is 0.394 e. The average molecular weight is 319 g/mol. The lowest BCUT2D eigenvalue weighted by Gasteiger charge is -2.16. The fraction of sp³-hybridized carbons (Fsp3) is 0.385. The van der Waals surface area contributed by atoms with Gasteiger partial charge in [-0.1, -0.05) is 0 Å². The maximum Gasteiger partial charge on any atom is 0.273 e. The van der Waals surface area contributed by atoms with Crippen molar-refractivity contribution < 1.29 is 20.1 Å². The molecular formula is C13H13N5O5. The van der Waals surface area contributed by atoms with Crippen LogP contribution < -0.4 is 5.56 Å². The first kappa shape index (κ1) is 14.2. The fourth-order valence-corrected chi connectivity index (χ4v) is 2.74. The molecule has 0 unspecified atom stereocenters. The molecule has 1 aliphatic rings. The van der Waals surface area contributed by atoms with Gasteiger partial charge in [0, 0.05) is 12.3 Å². The minimum Gasteiger partial charge on any atom is -0.394 e. The normalized spacial score (nSPS) is 28.0. The van der Waals surface area contributed by atoms with Gasteiger partial charge >= 0.3 is 0 Å². The van der Waals surface area contributed by atoms with Gasteiger partial charge in [-0.05, 0) is 0 Å². The molecule has 1 aliphatic heterocycles. The van der Waals surface area contributed by atoms with Crippen molar-refractivity contribution in [1.29, 1.82) is 0 Å². The van der Waals surface area contributed by atoms with Crippen molar-refractivity contribution in [2.75, 3.05) is 6.61 Å². The summed E-state index contributed by atoms with van der Waals surface area (Å²) in [6.07, 6.45) is 0.0759. The molecule has 0 bridgehead atoms. The molecule has 0 radical (unpaired) electrons. The van der Waals surface area contributed by atoms with Crippen LogP contribution in [-0.4, -0.2) is 64.2 Å². The van der Waals surface area contributed by atoms with Crippen LogP contribution in [0.25, 0.3) is 16.8 Å². The van der Waals surface area contributed by atoms with Gasteiger partial charge < -0.3 is 20.1 Å². The lowest BCUT2D eigenvalue weighted by atomic mass is 10.1. The van der Waals surface area contributed by atoms with E-state index in [-0.39, 0.29) is 0 Å². The monoisotopic (exact) mass is 319 g/mol. The second-order valence-electron chi connectivity index (χ2n) is 5.29. The molecule has 0 saturated carbocycles. The highest BCUT2D eigenvalue weighted by molar-refractivity contribution is 5.84. The van der Waals surface area contributed by atoms with Crippen molar-refractivity contribution >= 4 is 16.8 Å². The van der Waals surface area contributed by atoms with Crippen LogP contribution in [0.4, 0.5) is 0 Å². The quantitative estimate of drug-likeness (QED) is 0.496. The Kier molecular flexibility index (Phi) is 3.13. The van der Waals surface area contributed by atoms with Gasteiger partial charge in [-0.15, -0.1) is 0 Å². The van der Waals surface area contributed by atoms with E-state index in [0.717, 1.165) is 0 Å². The van der Waals surface area contributed by atoms with E-state index in [1.807, 2.05) is 0 Å². The molecule has 0 spiro atoms. The summed E-state index contributed by atoms with van der Waals surface area (Å²) in [6.45, 7) is -0.422. The molecule has 0 aliphatic carbocycles. The topological polar surface area (TPSA) is 135 Å². The van der Waals surface area contributed by atoms with Gasteiger partial charge in [0.05, 0.1) is 12.9 Å². The van der Waals surface area contributed by atoms with E-state index >= 15 is 0 Å². The first-order valence-electron chi connectivity index (χ1n) is 6.93. The number of fused-ring (bicyclic) bond motifs is 3. The highest BCUT2D eigenvalue weighted by Crippen LogP contribution is 2.31. The van der Waals surface area contributed by atoms with E-state index in [0.29, 0.717) is 16.8 Å². The van der Waals surface area contributed by atoms with Crippen LogP contribution in [0.15, 0.2) is 29.7 Å². The standard InChI is InChI=1S/C13H13N5O5/c19-3-6-9(21)10(22)13(23-6)18-5-14-8-11(18)15-4-17-2-1-7(20)16-12(8)17/h1-2,4-6,9-10,13,19,21-22H,3H2/t6-,9-,10-,13-/m1/s1. The second kappa shape index (κ2) is 5.06. The molecular weight excluding hydrogens is 306 g/mol. The summed E-state index contributed by atoms with van der Waals surface area (Å²) >= 11 is 0. The Bertz CT molecular complexity index is 937. The van der Waals surface area contributed by atoms with Crippen LogP contribution in [0.1, 0.15) is 6.23 Å². The van der Waals surface area contributed by atoms with Crippen LogP contribution >= 0.6 is 0 Å². The van der Waals surface area contributed by atoms with Gasteiger partial charge in [0.2, 0.25) is 0 Å². The Morgan fingerprint density at radius 2 is 2.00 bits per heavy atom. The summed E-state index contributed by atoms with van der Waals surface area (Å²) < 4.78 is 8.46. The van der Waals surface area contributed by atoms with Gasteiger partial charge in [0.25, 0.3) is 5.56 Å². The molecule has 4 atom stereocenters. The number of ether oxygens (including phenoxy) is 1. The zero-order chi connectivity index (χ0) is 16.1. The molecule has 1 fully saturated rings. The van der Waals surface area contributed by atoms with E-state index in [1.165, 1.54) is 29.5 Å². The fourth-order valence-electron chi connectivity index (χ4n) is 2.74. The predicted molar refractivity (Wildman–Crippen MR) is 75.6 cm³/mol. The molecule has 120 valence electrons. The third kappa shape index (κ3) is 2.04. The van der Waals surface area contributed by atoms with Gasteiger partial charge in [-0.25, -0.2) is 9.97 Å². The van der Waals surface area contributed by atoms with Gasteiger partial charge in [-0.3, -0.25) is 13.8 Å². The third-order valence-corrected chi connectivity index (χ3v) is 3.91. The van der Waals surface area contributed by atoms with Crippen molar-refractivity contribution in [3.63, 3.8) is 0 Å². The minimum absolute atomic E-state index is 0.327. The van der Waals surface area contributed by atoms with Crippen molar-refractivity contribution in [2.24, 2.45) is 0 Å². The number of aliphatic hydroxyl groups excluding tert-OH is 3. The summed E-state index contributed by atoms with van der Waals surface area (Å²) in [6, 6.07) is 1.31. The Hall–Kier alpha value is -2.40. The molecule has 3 N–H and O–H groups in total. The van der Waals surface area contributed by atoms with Gasteiger partial charge in [0.1, 0.15) is 24.6 Å². The van der Waals surface area contributed by atoms with E-state index in [4.69, 9.17) is 9.84 Å². The lowest BCUT2D eigenvalue weighted by Crippen LogP contribution is -2.33. The van der Waals surface area contributed by atoms with E-state index in [2.05, 4.69) is 15.0 Å². The number of hydrogen-bond donors (Lipinski definition) is 3. The number of imidazole rings is 1. The highest BCUT2D eigenvalue weighted by atomic mass is 16.6. The smallest absolute Gasteiger partial charge is 0.273 e. The summed E-state index contributed by atoms with van der Waals surface area (Å²) in [5.41, 5.74) is 0.633. The number of hydrogen-bond acceptors (Lipinski definition) is 8. The number of aromatic nitrogens is 5. The van der Waals surface area contributed by atoms with Gasteiger partial charge in [-0.2, -0.15) is 4.98 Å². The summed E-state index contributed by atoms with van der Waals surface area (Å²) in [4.78, 5) is 23.8. The Labute approximate surface area is 128 Å². The average Bonchev–Trinajstić information content (AvgIpc) is 3.10. The molecule has 4 heterocycles. The Morgan fingerprint density at radius 1 is 1.17 bits per heavy atom. The number of aliphatic hydroxyl groups is 3. The van der Waals surface area contributed by atoms with Crippen LogP contribution in [0.3, 0.4) is 0 Å². The van der Waals surface area contributed by atoms with Crippen molar-refractivity contribution in [2.45, 2.75) is 24.5 Å². The SMILES string of the molecule is O=c1ccn2cnc3c(ncn3[C@@H]3O[C@H](CO)[C@@H](O)[C@H]3O)c2n1.